The van der Waals surface area contributed by atoms with Gasteiger partial charge in [0.25, 0.3) is 21.7 Å². The number of carbonyl (C=O) groups is 2. The van der Waals surface area contributed by atoms with Crippen LogP contribution in [0.25, 0.3) is 0 Å². The molecule has 0 aromatic heterocycles. The van der Waals surface area contributed by atoms with E-state index in [1.165, 1.54) is 19.2 Å². The third kappa shape index (κ3) is 5.65. The second-order valence-corrected chi connectivity index (χ2v) is 7.25. The van der Waals surface area contributed by atoms with Crippen molar-refractivity contribution in [1.29, 1.82) is 0 Å². The van der Waals surface area contributed by atoms with E-state index >= 15 is 0 Å². The van der Waals surface area contributed by atoms with Crippen LogP contribution in [0.5, 0.6) is 5.75 Å². The van der Waals surface area contributed by atoms with Crippen LogP contribution in [0.4, 0.5) is 17.1 Å². The number of ketones is 1. The van der Waals surface area contributed by atoms with Crippen molar-refractivity contribution in [3.8, 4) is 5.75 Å². The molecule has 0 aliphatic carbocycles. The number of ether oxygens (including phenoxy) is 1. The van der Waals surface area contributed by atoms with Gasteiger partial charge in [0.1, 0.15) is 10.6 Å². The Morgan fingerprint density at radius 1 is 1.20 bits per heavy atom. The van der Waals surface area contributed by atoms with Crippen molar-refractivity contribution in [2.24, 2.45) is 10.2 Å². The summed E-state index contributed by atoms with van der Waals surface area (Å²) in [6.45, 7) is 1.09. The maximum atomic E-state index is 12.4. The van der Waals surface area contributed by atoms with Crippen LogP contribution in [0, 0.1) is 10.1 Å². The summed E-state index contributed by atoms with van der Waals surface area (Å²) in [5, 5.41) is 20.8. The van der Waals surface area contributed by atoms with Gasteiger partial charge in [-0.3, -0.25) is 24.3 Å². The number of anilines is 1. The Bertz CT molecular complexity index is 1110. The SMILES string of the molecule is COc1ccc(NC(=O)[C@@H](N=Nc2ccc(S(=O)(=O)O)cc2[N+](=O)[O-])C(C)=O)cc1. The number of carbonyl (C=O) groups excluding carboxylic acids is 2. The van der Waals surface area contributed by atoms with Crippen molar-refractivity contribution < 1.29 is 32.2 Å². The zero-order chi connectivity index (χ0) is 22.5. The molecule has 2 rings (SSSR count). The fraction of sp³-hybridized carbons (Fsp3) is 0.176. The number of benzene rings is 2. The Morgan fingerprint density at radius 2 is 1.83 bits per heavy atom. The van der Waals surface area contributed by atoms with Crippen molar-refractivity contribution in [3.05, 3.63) is 52.6 Å². The number of nitro groups is 1. The highest BCUT2D eigenvalue weighted by molar-refractivity contribution is 7.85. The fourth-order valence-electron chi connectivity index (χ4n) is 2.22. The number of amides is 1. The molecule has 12 nitrogen and oxygen atoms in total. The number of nitro benzene ring substituents is 1. The van der Waals surface area contributed by atoms with Crippen molar-refractivity contribution in [1.82, 2.24) is 0 Å². The Balaban J connectivity index is 2.30. The predicted octanol–water partition coefficient (Wildman–Crippen LogP) is 2.53. The first-order valence-electron chi connectivity index (χ1n) is 8.15. The first-order valence-corrected chi connectivity index (χ1v) is 9.59. The van der Waals surface area contributed by atoms with E-state index in [9.17, 15) is 28.1 Å². The van der Waals surface area contributed by atoms with Gasteiger partial charge in [0.05, 0.1) is 12.0 Å². The van der Waals surface area contributed by atoms with Crippen LogP contribution >= 0.6 is 0 Å². The van der Waals surface area contributed by atoms with E-state index in [2.05, 4.69) is 15.5 Å². The zero-order valence-electron chi connectivity index (χ0n) is 15.7. The van der Waals surface area contributed by atoms with E-state index in [1.807, 2.05) is 0 Å². The second kappa shape index (κ2) is 9.19. The van der Waals surface area contributed by atoms with Gasteiger partial charge in [0.2, 0.25) is 6.04 Å². The normalized spacial score (nSPS) is 12.4. The first-order chi connectivity index (χ1) is 14.0. The molecular weight excluding hydrogens is 420 g/mol. The van der Waals surface area contributed by atoms with Crippen LogP contribution in [0.2, 0.25) is 0 Å². The molecule has 0 unspecified atom stereocenters. The maximum Gasteiger partial charge on any atom is 0.298 e. The Kier molecular flexibility index (Phi) is 6.92. The summed E-state index contributed by atoms with van der Waals surface area (Å²) in [7, 11) is -3.20. The molecule has 0 saturated carbocycles. The zero-order valence-corrected chi connectivity index (χ0v) is 16.5. The van der Waals surface area contributed by atoms with Crippen molar-refractivity contribution in [3.63, 3.8) is 0 Å². The number of Topliss-reactive ketones (excluding diaryl/α,β-unsaturated/α-hetero) is 1. The summed E-state index contributed by atoms with van der Waals surface area (Å²) in [6.07, 6.45) is 0. The van der Waals surface area contributed by atoms with Crippen LogP contribution in [0.1, 0.15) is 6.92 Å². The van der Waals surface area contributed by atoms with Crippen LogP contribution < -0.4 is 10.1 Å². The molecule has 2 aromatic carbocycles. The second-order valence-electron chi connectivity index (χ2n) is 5.83. The minimum Gasteiger partial charge on any atom is -0.497 e. The van der Waals surface area contributed by atoms with Crippen LogP contribution in [-0.2, 0) is 19.7 Å². The van der Waals surface area contributed by atoms with Gasteiger partial charge in [0, 0.05) is 11.8 Å². The van der Waals surface area contributed by atoms with E-state index in [0.29, 0.717) is 17.5 Å². The molecule has 0 bridgehead atoms. The molecule has 0 aliphatic heterocycles. The maximum absolute atomic E-state index is 12.4. The monoisotopic (exact) mass is 436 g/mol. The fourth-order valence-corrected chi connectivity index (χ4v) is 2.72. The molecule has 0 saturated heterocycles. The summed E-state index contributed by atoms with van der Waals surface area (Å²) in [6, 6.07) is 7.01. The molecule has 1 atom stereocenters. The lowest BCUT2D eigenvalue weighted by atomic mass is 10.2. The van der Waals surface area contributed by atoms with Gasteiger partial charge in [-0.25, -0.2) is 0 Å². The van der Waals surface area contributed by atoms with Crippen molar-refractivity contribution >= 4 is 38.9 Å². The first kappa shape index (κ1) is 22.6. The van der Waals surface area contributed by atoms with E-state index in [4.69, 9.17) is 9.29 Å². The van der Waals surface area contributed by atoms with E-state index < -0.39 is 49.0 Å². The topological polar surface area (TPSA) is 178 Å². The molecule has 2 N–H and O–H groups in total. The molecule has 0 aliphatic rings. The molecule has 30 heavy (non-hydrogen) atoms. The Labute approximate surface area is 170 Å². The Hall–Kier alpha value is -3.71. The summed E-state index contributed by atoms with van der Waals surface area (Å²) in [5.41, 5.74) is -0.839. The third-order valence-corrected chi connectivity index (χ3v) is 4.56. The Morgan fingerprint density at radius 3 is 2.33 bits per heavy atom. The van der Waals surface area contributed by atoms with Gasteiger partial charge in [-0.1, -0.05) is 0 Å². The molecule has 2 aromatic rings. The number of methoxy groups -OCH3 is 1. The van der Waals surface area contributed by atoms with Gasteiger partial charge in [-0.15, -0.1) is 5.11 Å². The molecule has 0 radical (unpaired) electrons. The molecular formula is C17H16N4O8S. The lowest BCUT2D eigenvalue weighted by molar-refractivity contribution is -0.384. The minimum atomic E-state index is -4.68. The van der Waals surface area contributed by atoms with Crippen molar-refractivity contribution in [2.75, 3.05) is 12.4 Å². The largest absolute Gasteiger partial charge is 0.497 e. The number of nitrogens with one attached hydrogen (secondary N) is 1. The number of hydrogen-bond donors (Lipinski definition) is 2. The third-order valence-electron chi connectivity index (χ3n) is 3.71. The van der Waals surface area contributed by atoms with Crippen LogP contribution in [0.3, 0.4) is 0 Å². The molecule has 1 amide bonds. The van der Waals surface area contributed by atoms with Gasteiger partial charge in [0.15, 0.2) is 11.5 Å². The summed E-state index contributed by atoms with van der Waals surface area (Å²) in [5.74, 6) is -0.952. The van der Waals surface area contributed by atoms with E-state index in [0.717, 1.165) is 19.1 Å². The molecule has 0 heterocycles. The lowest BCUT2D eigenvalue weighted by Crippen LogP contribution is -2.31. The molecule has 0 fully saturated rings. The van der Waals surface area contributed by atoms with E-state index in [1.54, 1.807) is 12.1 Å². The average Bonchev–Trinajstić information content (AvgIpc) is 2.67. The summed E-state index contributed by atoms with van der Waals surface area (Å²) >= 11 is 0. The number of rotatable bonds is 8. The lowest BCUT2D eigenvalue weighted by Gasteiger charge is -2.10. The van der Waals surface area contributed by atoms with Crippen LogP contribution in [0.15, 0.2) is 57.6 Å². The predicted molar refractivity (Wildman–Crippen MR) is 104 cm³/mol. The highest BCUT2D eigenvalue weighted by Crippen LogP contribution is 2.30. The molecule has 158 valence electrons. The highest BCUT2D eigenvalue weighted by Gasteiger charge is 2.25. The highest BCUT2D eigenvalue weighted by atomic mass is 32.2. The van der Waals surface area contributed by atoms with Crippen LogP contribution in [-0.4, -0.2) is 42.7 Å². The smallest absolute Gasteiger partial charge is 0.298 e. The number of azo groups is 1. The van der Waals surface area contributed by atoms with Crippen molar-refractivity contribution in [2.45, 2.75) is 17.9 Å². The van der Waals surface area contributed by atoms with Gasteiger partial charge >= 0.3 is 0 Å². The minimum absolute atomic E-state index is 0.353. The molecule has 13 heteroatoms. The number of nitrogens with zero attached hydrogens (tertiary/aromatic N) is 3. The standard InChI is InChI=1S/C17H16N4O8S/c1-10(22)16(17(23)18-11-3-5-12(29-2)6-4-11)20-19-14-8-7-13(30(26,27)28)9-15(14)21(24)25/h3-9,16H,1-2H3,(H,18,23)(H,26,27,28)/t16-/m0/s1. The van der Waals surface area contributed by atoms with Gasteiger partial charge in [-0.05, 0) is 43.3 Å². The molecule has 0 spiro atoms. The van der Waals surface area contributed by atoms with Gasteiger partial charge < -0.3 is 10.1 Å². The average molecular weight is 436 g/mol. The van der Waals surface area contributed by atoms with E-state index in [-0.39, 0.29) is 0 Å². The quantitative estimate of drug-likeness (QED) is 0.208. The van der Waals surface area contributed by atoms with Gasteiger partial charge in [-0.2, -0.15) is 13.5 Å². The summed E-state index contributed by atoms with van der Waals surface area (Å²) in [4.78, 5) is 33.7. The number of hydrogen-bond acceptors (Lipinski definition) is 9. The summed E-state index contributed by atoms with van der Waals surface area (Å²) < 4.78 is 36.3.